The molecule has 0 aliphatic rings. The number of aromatic nitrogens is 5. The lowest BCUT2D eigenvalue weighted by Gasteiger charge is -2.03. The molecular formula is C14H12N6. The van der Waals surface area contributed by atoms with Crippen LogP contribution in [0.3, 0.4) is 0 Å². The molecule has 0 saturated heterocycles. The van der Waals surface area contributed by atoms with Crippen LogP contribution in [-0.4, -0.2) is 24.7 Å². The van der Waals surface area contributed by atoms with Gasteiger partial charge in [0.2, 0.25) is 0 Å². The molecule has 0 radical (unpaired) electrons. The highest BCUT2D eigenvalue weighted by atomic mass is 15.2. The Morgan fingerprint density at radius 1 is 1.25 bits per heavy atom. The fourth-order valence-electron chi connectivity index (χ4n) is 2.30. The number of rotatable bonds is 2. The molecule has 0 bridgehead atoms. The molecule has 6 heteroatoms. The van der Waals surface area contributed by atoms with Gasteiger partial charge in [-0.1, -0.05) is 0 Å². The first-order chi connectivity index (χ1) is 9.81. The van der Waals surface area contributed by atoms with Crippen LogP contribution < -0.4 is 5.32 Å². The van der Waals surface area contributed by atoms with Gasteiger partial charge in [0.15, 0.2) is 5.82 Å². The van der Waals surface area contributed by atoms with E-state index in [2.05, 4.69) is 25.5 Å². The summed E-state index contributed by atoms with van der Waals surface area (Å²) >= 11 is 0. The molecule has 98 valence electrons. The molecule has 6 nitrogen and oxygen atoms in total. The van der Waals surface area contributed by atoms with Gasteiger partial charge < -0.3 is 9.88 Å². The Bertz CT molecular complexity index is 904. The van der Waals surface area contributed by atoms with E-state index in [9.17, 15) is 0 Å². The van der Waals surface area contributed by atoms with E-state index in [0.717, 1.165) is 27.8 Å². The molecule has 20 heavy (non-hydrogen) atoms. The Kier molecular flexibility index (Phi) is 2.23. The van der Waals surface area contributed by atoms with Crippen molar-refractivity contribution in [2.45, 2.75) is 0 Å². The molecule has 4 heterocycles. The number of anilines is 2. The molecule has 0 saturated carbocycles. The first kappa shape index (κ1) is 11.0. The SMILES string of the molecule is Cn1ccc2cc(Nc3n[nH]c4cccnc34)cnc21. The van der Waals surface area contributed by atoms with Crippen LogP contribution in [0.15, 0.2) is 42.9 Å². The van der Waals surface area contributed by atoms with Gasteiger partial charge in [0.25, 0.3) is 0 Å². The monoisotopic (exact) mass is 264 g/mol. The maximum atomic E-state index is 4.44. The zero-order chi connectivity index (χ0) is 13.5. The van der Waals surface area contributed by atoms with Crippen molar-refractivity contribution in [3.05, 3.63) is 42.9 Å². The van der Waals surface area contributed by atoms with Gasteiger partial charge >= 0.3 is 0 Å². The Morgan fingerprint density at radius 3 is 3.15 bits per heavy atom. The lowest BCUT2D eigenvalue weighted by atomic mass is 10.3. The van der Waals surface area contributed by atoms with Crippen molar-refractivity contribution in [2.75, 3.05) is 5.32 Å². The van der Waals surface area contributed by atoms with E-state index in [-0.39, 0.29) is 0 Å². The highest BCUT2D eigenvalue weighted by Gasteiger charge is 2.07. The van der Waals surface area contributed by atoms with Crippen LogP contribution in [0.5, 0.6) is 0 Å². The zero-order valence-corrected chi connectivity index (χ0v) is 10.8. The van der Waals surface area contributed by atoms with E-state index in [1.54, 1.807) is 12.4 Å². The number of nitrogens with zero attached hydrogens (tertiary/aromatic N) is 4. The van der Waals surface area contributed by atoms with Crippen molar-refractivity contribution < 1.29 is 0 Å². The standard InChI is InChI=1S/C14H12N6/c1-20-6-4-9-7-10(8-16-14(9)20)17-13-12-11(18-19-13)3-2-5-15-12/h2-8H,1H3,(H2,17,18,19). The van der Waals surface area contributed by atoms with Crippen molar-refractivity contribution in [3.63, 3.8) is 0 Å². The largest absolute Gasteiger partial charge is 0.336 e. The van der Waals surface area contributed by atoms with E-state index < -0.39 is 0 Å². The topological polar surface area (TPSA) is 71.4 Å². The second kappa shape index (κ2) is 4.06. The highest BCUT2D eigenvalue weighted by Crippen LogP contribution is 2.23. The predicted octanol–water partition coefficient (Wildman–Crippen LogP) is 2.59. The summed E-state index contributed by atoms with van der Waals surface area (Å²) in [7, 11) is 1.98. The summed E-state index contributed by atoms with van der Waals surface area (Å²) in [4.78, 5) is 8.77. The average molecular weight is 264 g/mol. The van der Waals surface area contributed by atoms with E-state index in [1.807, 2.05) is 42.1 Å². The molecule has 0 atom stereocenters. The number of hydrogen-bond acceptors (Lipinski definition) is 4. The smallest absolute Gasteiger partial charge is 0.178 e. The van der Waals surface area contributed by atoms with Crippen LogP contribution in [0.25, 0.3) is 22.1 Å². The molecule has 0 fully saturated rings. The first-order valence-corrected chi connectivity index (χ1v) is 6.28. The number of H-pyrrole nitrogens is 1. The van der Waals surface area contributed by atoms with E-state index >= 15 is 0 Å². The van der Waals surface area contributed by atoms with Crippen molar-refractivity contribution in [2.24, 2.45) is 7.05 Å². The predicted molar refractivity (Wildman–Crippen MR) is 77.9 cm³/mol. The molecule has 0 amide bonds. The lowest BCUT2D eigenvalue weighted by Crippen LogP contribution is -1.94. The molecule has 0 aliphatic carbocycles. The second-order valence-electron chi connectivity index (χ2n) is 4.66. The highest BCUT2D eigenvalue weighted by molar-refractivity contribution is 5.88. The van der Waals surface area contributed by atoms with Gasteiger partial charge in [-0.25, -0.2) is 4.98 Å². The van der Waals surface area contributed by atoms with E-state index in [4.69, 9.17) is 0 Å². The van der Waals surface area contributed by atoms with Crippen LogP contribution in [0, 0.1) is 0 Å². The van der Waals surface area contributed by atoms with Crippen molar-refractivity contribution in [3.8, 4) is 0 Å². The summed E-state index contributed by atoms with van der Waals surface area (Å²) < 4.78 is 1.99. The maximum absolute atomic E-state index is 4.44. The summed E-state index contributed by atoms with van der Waals surface area (Å²) in [5, 5.41) is 11.5. The van der Waals surface area contributed by atoms with Crippen LogP contribution in [-0.2, 0) is 7.05 Å². The molecular weight excluding hydrogens is 252 g/mol. The van der Waals surface area contributed by atoms with Crippen molar-refractivity contribution in [1.82, 2.24) is 24.7 Å². The maximum Gasteiger partial charge on any atom is 0.178 e. The molecule has 4 aromatic rings. The summed E-state index contributed by atoms with van der Waals surface area (Å²) in [5.41, 5.74) is 3.58. The quantitative estimate of drug-likeness (QED) is 0.583. The summed E-state index contributed by atoms with van der Waals surface area (Å²) in [6.07, 6.45) is 5.54. The van der Waals surface area contributed by atoms with E-state index in [1.165, 1.54) is 0 Å². The zero-order valence-electron chi connectivity index (χ0n) is 10.8. The summed E-state index contributed by atoms with van der Waals surface area (Å²) in [6.45, 7) is 0. The van der Waals surface area contributed by atoms with Crippen LogP contribution >= 0.6 is 0 Å². The number of fused-ring (bicyclic) bond motifs is 2. The second-order valence-corrected chi connectivity index (χ2v) is 4.66. The molecule has 0 aliphatic heterocycles. The number of nitrogens with one attached hydrogen (secondary N) is 2. The minimum Gasteiger partial charge on any atom is -0.336 e. The van der Waals surface area contributed by atoms with Crippen LogP contribution in [0.1, 0.15) is 0 Å². The van der Waals surface area contributed by atoms with Gasteiger partial charge in [0.05, 0.1) is 17.4 Å². The molecule has 0 unspecified atom stereocenters. The summed E-state index contributed by atoms with van der Waals surface area (Å²) in [5.74, 6) is 0.706. The molecule has 4 rings (SSSR count). The third-order valence-corrected chi connectivity index (χ3v) is 3.29. The number of aromatic amines is 1. The Balaban J connectivity index is 1.76. The van der Waals surface area contributed by atoms with Gasteiger partial charge in [0, 0.05) is 24.8 Å². The fraction of sp³-hybridized carbons (Fsp3) is 0.0714. The molecule has 0 aromatic carbocycles. The summed E-state index contributed by atoms with van der Waals surface area (Å²) in [6, 6.07) is 7.90. The van der Waals surface area contributed by atoms with Crippen LogP contribution in [0.2, 0.25) is 0 Å². The van der Waals surface area contributed by atoms with Gasteiger partial charge in [-0.2, -0.15) is 5.10 Å². The van der Waals surface area contributed by atoms with Gasteiger partial charge in [-0.15, -0.1) is 0 Å². The third kappa shape index (κ3) is 1.62. The number of pyridine rings is 2. The Morgan fingerprint density at radius 2 is 2.20 bits per heavy atom. The minimum absolute atomic E-state index is 0.706. The Labute approximate surface area is 114 Å². The normalized spacial score (nSPS) is 11.2. The molecule has 4 aromatic heterocycles. The number of aryl methyl sites for hydroxylation is 1. The van der Waals surface area contributed by atoms with Gasteiger partial charge in [-0.3, -0.25) is 10.1 Å². The Hall–Kier alpha value is -2.89. The fourth-order valence-corrected chi connectivity index (χ4v) is 2.30. The first-order valence-electron chi connectivity index (χ1n) is 6.28. The third-order valence-electron chi connectivity index (χ3n) is 3.29. The minimum atomic E-state index is 0.706. The van der Waals surface area contributed by atoms with Gasteiger partial charge in [0.1, 0.15) is 11.2 Å². The number of hydrogen-bond donors (Lipinski definition) is 2. The van der Waals surface area contributed by atoms with Crippen molar-refractivity contribution in [1.29, 1.82) is 0 Å². The lowest BCUT2D eigenvalue weighted by molar-refractivity contribution is 0.949. The molecule has 2 N–H and O–H groups in total. The van der Waals surface area contributed by atoms with Gasteiger partial charge in [-0.05, 0) is 24.3 Å². The van der Waals surface area contributed by atoms with Crippen LogP contribution in [0.4, 0.5) is 11.5 Å². The van der Waals surface area contributed by atoms with E-state index in [0.29, 0.717) is 5.82 Å². The van der Waals surface area contributed by atoms with Crippen molar-refractivity contribution >= 4 is 33.6 Å². The average Bonchev–Trinajstić information content (AvgIpc) is 3.04. The molecule has 0 spiro atoms.